The molecule has 0 aliphatic heterocycles. The van der Waals surface area contributed by atoms with E-state index in [1.54, 1.807) is 48.5 Å². The van der Waals surface area contributed by atoms with Crippen molar-refractivity contribution in [3.05, 3.63) is 70.9 Å². The molecule has 1 aromatic heterocycles. The monoisotopic (exact) mass is 328 g/mol. The minimum absolute atomic E-state index is 0.0875. The van der Waals surface area contributed by atoms with Gasteiger partial charge in [-0.05, 0) is 29.8 Å². The van der Waals surface area contributed by atoms with Gasteiger partial charge in [0.1, 0.15) is 11.6 Å². The van der Waals surface area contributed by atoms with Crippen LogP contribution in [0.5, 0.6) is 0 Å². The Morgan fingerprint density at radius 2 is 1.83 bits per heavy atom. The van der Waals surface area contributed by atoms with Crippen LogP contribution in [0.4, 0.5) is 0 Å². The second-order valence-corrected chi connectivity index (χ2v) is 5.45. The van der Waals surface area contributed by atoms with E-state index in [-0.39, 0.29) is 5.76 Å². The van der Waals surface area contributed by atoms with E-state index in [4.69, 9.17) is 21.8 Å². The standard InChI is InChI=1S/C17H13ClN2O3/c18-12-6-7-13-11(8-12)9-14(23-13)17(22)20-15(16(19)21)10-4-2-1-3-5-10/h1-9,15H,(H2,19,21)(H,20,22)/t15-/m0/s1. The van der Waals surface area contributed by atoms with Gasteiger partial charge in [-0.3, -0.25) is 9.59 Å². The summed E-state index contributed by atoms with van der Waals surface area (Å²) < 4.78 is 5.48. The molecule has 3 N–H and O–H groups in total. The molecule has 0 saturated carbocycles. The van der Waals surface area contributed by atoms with Gasteiger partial charge in [0.25, 0.3) is 5.91 Å². The summed E-state index contributed by atoms with van der Waals surface area (Å²) in [5.74, 6) is -1.09. The van der Waals surface area contributed by atoms with Crippen molar-refractivity contribution in [3.63, 3.8) is 0 Å². The molecule has 0 bridgehead atoms. The molecular weight excluding hydrogens is 316 g/mol. The quantitative estimate of drug-likeness (QED) is 0.772. The first kappa shape index (κ1) is 15.1. The van der Waals surface area contributed by atoms with Crippen molar-refractivity contribution in [2.45, 2.75) is 6.04 Å². The number of carbonyl (C=O) groups is 2. The molecule has 0 spiro atoms. The Morgan fingerprint density at radius 1 is 1.09 bits per heavy atom. The summed E-state index contributed by atoms with van der Waals surface area (Å²) in [6, 6.07) is 14.5. The Kier molecular flexibility index (Phi) is 4.04. The number of benzene rings is 2. The average Bonchev–Trinajstić information content (AvgIpc) is 2.96. The van der Waals surface area contributed by atoms with E-state index in [2.05, 4.69) is 5.32 Å². The number of halogens is 1. The predicted octanol–water partition coefficient (Wildman–Crippen LogP) is 3.04. The van der Waals surface area contributed by atoms with Gasteiger partial charge in [0.05, 0.1) is 0 Å². The third kappa shape index (κ3) is 3.19. The maximum Gasteiger partial charge on any atom is 0.287 e. The third-order valence-electron chi connectivity index (χ3n) is 3.39. The molecule has 2 amide bonds. The summed E-state index contributed by atoms with van der Waals surface area (Å²) in [5, 5.41) is 3.84. The van der Waals surface area contributed by atoms with Crippen molar-refractivity contribution in [1.29, 1.82) is 0 Å². The smallest absolute Gasteiger partial charge is 0.287 e. The van der Waals surface area contributed by atoms with E-state index in [0.29, 0.717) is 21.6 Å². The lowest BCUT2D eigenvalue weighted by Crippen LogP contribution is -2.37. The van der Waals surface area contributed by atoms with Crippen molar-refractivity contribution in [1.82, 2.24) is 5.32 Å². The highest BCUT2D eigenvalue weighted by molar-refractivity contribution is 6.31. The summed E-state index contributed by atoms with van der Waals surface area (Å²) in [5.41, 5.74) is 6.53. The molecule has 23 heavy (non-hydrogen) atoms. The number of nitrogens with two attached hydrogens (primary N) is 1. The van der Waals surface area contributed by atoms with Gasteiger partial charge in [0, 0.05) is 10.4 Å². The lowest BCUT2D eigenvalue weighted by atomic mass is 10.1. The fourth-order valence-corrected chi connectivity index (χ4v) is 2.47. The van der Waals surface area contributed by atoms with Crippen molar-refractivity contribution in [2.75, 3.05) is 0 Å². The van der Waals surface area contributed by atoms with Crippen LogP contribution < -0.4 is 11.1 Å². The maximum absolute atomic E-state index is 12.3. The fourth-order valence-electron chi connectivity index (χ4n) is 2.29. The highest BCUT2D eigenvalue weighted by atomic mass is 35.5. The predicted molar refractivity (Wildman–Crippen MR) is 87.1 cm³/mol. The third-order valence-corrected chi connectivity index (χ3v) is 3.63. The van der Waals surface area contributed by atoms with E-state index in [1.165, 1.54) is 0 Å². The number of hydrogen-bond donors (Lipinski definition) is 2. The van der Waals surface area contributed by atoms with Crippen molar-refractivity contribution < 1.29 is 14.0 Å². The number of hydrogen-bond acceptors (Lipinski definition) is 3. The number of nitrogens with one attached hydrogen (secondary N) is 1. The first-order chi connectivity index (χ1) is 11.0. The SMILES string of the molecule is NC(=O)[C@@H](NC(=O)c1cc2cc(Cl)ccc2o1)c1ccccc1. The molecular formula is C17H13ClN2O3. The zero-order chi connectivity index (χ0) is 16.4. The first-order valence-corrected chi connectivity index (χ1v) is 7.26. The largest absolute Gasteiger partial charge is 0.451 e. The Morgan fingerprint density at radius 3 is 2.52 bits per heavy atom. The van der Waals surface area contributed by atoms with Crippen LogP contribution in [0.3, 0.4) is 0 Å². The normalized spacial score (nSPS) is 12.0. The van der Waals surface area contributed by atoms with Crippen LogP contribution in [0.1, 0.15) is 22.2 Å². The zero-order valence-electron chi connectivity index (χ0n) is 12.0. The van der Waals surface area contributed by atoms with Crippen LogP contribution >= 0.6 is 11.6 Å². The van der Waals surface area contributed by atoms with Gasteiger partial charge in [0.15, 0.2) is 5.76 Å². The number of primary amides is 1. The summed E-state index contributed by atoms with van der Waals surface area (Å²) in [4.78, 5) is 24.0. The van der Waals surface area contributed by atoms with Crippen LogP contribution in [0.15, 0.2) is 59.0 Å². The molecule has 5 nitrogen and oxygen atoms in total. The van der Waals surface area contributed by atoms with E-state index < -0.39 is 17.9 Å². The van der Waals surface area contributed by atoms with Crippen LogP contribution in [0.25, 0.3) is 11.0 Å². The lowest BCUT2D eigenvalue weighted by Gasteiger charge is -2.14. The number of amides is 2. The molecule has 0 saturated heterocycles. The highest BCUT2D eigenvalue weighted by Gasteiger charge is 2.22. The number of fused-ring (bicyclic) bond motifs is 1. The van der Waals surface area contributed by atoms with Crippen molar-refractivity contribution in [3.8, 4) is 0 Å². The van der Waals surface area contributed by atoms with Gasteiger partial charge < -0.3 is 15.5 Å². The summed E-state index contributed by atoms with van der Waals surface area (Å²) in [6.07, 6.45) is 0. The molecule has 1 atom stereocenters. The highest BCUT2D eigenvalue weighted by Crippen LogP contribution is 2.23. The number of furan rings is 1. The Labute approximate surface area is 137 Å². The van der Waals surface area contributed by atoms with Gasteiger partial charge in [0.2, 0.25) is 5.91 Å². The minimum atomic E-state index is -0.930. The fraction of sp³-hybridized carbons (Fsp3) is 0.0588. The van der Waals surface area contributed by atoms with Gasteiger partial charge in [-0.15, -0.1) is 0 Å². The molecule has 1 heterocycles. The molecule has 3 aromatic rings. The zero-order valence-corrected chi connectivity index (χ0v) is 12.7. The van der Waals surface area contributed by atoms with Crippen LogP contribution in [0, 0.1) is 0 Å². The number of rotatable bonds is 4. The molecule has 3 rings (SSSR count). The van der Waals surface area contributed by atoms with E-state index in [1.807, 2.05) is 6.07 Å². The van der Waals surface area contributed by atoms with Crippen LogP contribution in [0.2, 0.25) is 5.02 Å². The van der Waals surface area contributed by atoms with Gasteiger partial charge in [-0.25, -0.2) is 0 Å². The molecule has 2 aromatic carbocycles. The molecule has 0 radical (unpaired) electrons. The molecule has 0 aliphatic rings. The second kappa shape index (κ2) is 6.14. The molecule has 0 unspecified atom stereocenters. The Hall–Kier alpha value is -2.79. The van der Waals surface area contributed by atoms with Gasteiger partial charge in [-0.2, -0.15) is 0 Å². The molecule has 0 aliphatic carbocycles. The van der Waals surface area contributed by atoms with E-state index >= 15 is 0 Å². The Balaban J connectivity index is 1.87. The summed E-state index contributed by atoms with van der Waals surface area (Å²) >= 11 is 5.91. The average molecular weight is 329 g/mol. The molecule has 116 valence electrons. The van der Waals surface area contributed by atoms with Crippen molar-refractivity contribution in [2.24, 2.45) is 5.73 Å². The van der Waals surface area contributed by atoms with Crippen LogP contribution in [-0.2, 0) is 4.79 Å². The van der Waals surface area contributed by atoms with E-state index in [9.17, 15) is 9.59 Å². The second-order valence-electron chi connectivity index (χ2n) is 5.01. The Bertz CT molecular complexity index is 874. The number of carbonyl (C=O) groups excluding carboxylic acids is 2. The molecule has 6 heteroatoms. The summed E-state index contributed by atoms with van der Waals surface area (Å²) in [6.45, 7) is 0. The van der Waals surface area contributed by atoms with Gasteiger partial charge >= 0.3 is 0 Å². The van der Waals surface area contributed by atoms with E-state index in [0.717, 1.165) is 0 Å². The summed E-state index contributed by atoms with van der Waals surface area (Å²) in [7, 11) is 0. The minimum Gasteiger partial charge on any atom is -0.451 e. The molecule has 0 fully saturated rings. The maximum atomic E-state index is 12.3. The van der Waals surface area contributed by atoms with Crippen LogP contribution in [-0.4, -0.2) is 11.8 Å². The lowest BCUT2D eigenvalue weighted by molar-refractivity contribution is -0.120. The van der Waals surface area contributed by atoms with Crippen molar-refractivity contribution >= 4 is 34.4 Å². The first-order valence-electron chi connectivity index (χ1n) is 6.89. The topological polar surface area (TPSA) is 85.3 Å². The van der Waals surface area contributed by atoms with Gasteiger partial charge in [-0.1, -0.05) is 41.9 Å².